The molecule has 2 aliphatic heterocycles. The Morgan fingerprint density at radius 3 is 2.41 bits per heavy atom. The second-order valence-electron chi connectivity index (χ2n) is 7.00. The Bertz CT molecular complexity index is 889. The largest absolute Gasteiger partial charge is 0.379 e. The van der Waals surface area contributed by atoms with Crippen LogP contribution in [-0.4, -0.2) is 67.6 Å². The number of imide groups is 1. The molecule has 2 aliphatic rings. The quantitative estimate of drug-likeness (QED) is 0.656. The van der Waals surface area contributed by atoms with Gasteiger partial charge in [0.05, 0.1) is 18.8 Å². The van der Waals surface area contributed by atoms with Gasteiger partial charge in [-0.3, -0.25) is 19.4 Å². The van der Waals surface area contributed by atoms with Crippen LogP contribution in [-0.2, 0) is 14.3 Å². The number of likely N-dealkylation sites (N-methyl/N-ethyl adjacent to an activating group) is 1. The molecule has 1 fully saturated rings. The third-order valence-electron chi connectivity index (χ3n) is 5.31. The van der Waals surface area contributed by atoms with Gasteiger partial charge in [-0.15, -0.1) is 11.3 Å². The van der Waals surface area contributed by atoms with Gasteiger partial charge in [0.15, 0.2) is 0 Å². The van der Waals surface area contributed by atoms with Crippen LogP contribution in [0.25, 0.3) is 5.57 Å². The van der Waals surface area contributed by atoms with Crippen molar-refractivity contribution < 1.29 is 14.3 Å². The van der Waals surface area contributed by atoms with E-state index >= 15 is 0 Å². The fourth-order valence-corrected chi connectivity index (χ4v) is 4.57. The van der Waals surface area contributed by atoms with E-state index in [2.05, 4.69) is 4.90 Å². The van der Waals surface area contributed by atoms with E-state index in [-0.39, 0.29) is 11.8 Å². The molecule has 152 valence electrons. The standard InChI is InChI=1S/C22H25N3O3S/c1-2-24(17-7-4-3-5-8-17)20-19(18-9-6-16-29-18)21(26)25(22(20)27)11-10-23-12-14-28-15-13-23/h3-9,16H,2,10-15H2,1H3. The van der Waals surface area contributed by atoms with Crippen molar-refractivity contribution in [3.05, 3.63) is 58.4 Å². The number of hydrogen-bond acceptors (Lipinski definition) is 6. The van der Waals surface area contributed by atoms with Crippen molar-refractivity contribution in [1.82, 2.24) is 9.80 Å². The number of ether oxygens (including phenoxy) is 1. The number of anilines is 1. The molecule has 0 N–H and O–H groups in total. The minimum atomic E-state index is -0.211. The van der Waals surface area contributed by atoms with E-state index in [4.69, 9.17) is 4.74 Å². The van der Waals surface area contributed by atoms with Gasteiger partial charge in [-0.05, 0) is 30.5 Å². The zero-order chi connectivity index (χ0) is 20.2. The molecule has 29 heavy (non-hydrogen) atoms. The van der Waals surface area contributed by atoms with Crippen molar-refractivity contribution in [2.45, 2.75) is 6.92 Å². The van der Waals surface area contributed by atoms with Crippen LogP contribution >= 0.6 is 11.3 Å². The minimum Gasteiger partial charge on any atom is -0.379 e. The number of carbonyl (C=O) groups excluding carboxylic acids is 2. The Morgan fingerprint density at radius 2 is 1.76 bits per heavy atom. The van der Waals surface area contributed by atoms with Crippen molar-refractivity contribution in [3.63, 3.8) is 0 Å². The summed E-state index contributed by atoms with van der Waals surface area (Å²) in [7, 11) is 0. The average Bonchev–Trinajstić information content (AvgIpc) is 3.36. The van der Waals surface area contributed by atoms with Crippen LogP contribution < -0.4 is 4.90 Å². The first kappa shape index (κ1) is 19.8. The maximum absolute atomic E-state index is 13.4. The summed E-state index contributed by atoms with van der Waals surface area (Å²) in [6.07, 6.45) is 0. The summed E-state index contributed by atoms with van der Waals surface area (Å²) in [5.41, 5.74) is 1.90. The SMILES string of the molecule is CCN(C1=C(c2cccs2)C(=O)N(CCN2CCOCC2)C1=O)c1ccccc1. The Kier molecular flexibility index (Phi) is 6.08. The molecule has 2 amide bonds. The van der Waals surface area contributed by atoms with Gasteiger partial charge in [-0.25, -0.2) is 0 Å². The lowest BCUT2D eigenvalue weighted by Gasteiger charge is -2.28. The van der Waals surface area contributed by atoms with E-state index in [1.54, 1.807) is 0 Å². The highest BCUT2D eigenvalue weighted by molar-refractivity contribution is 7.11. The van der Waals surface area contributed by atoms with Gasteiger partial charge in [0.1, 0.15) is 5.70 Å². The molecule has 0 spiro atoms. The van der Waals surface area contributed by atoms with Crippen molar-refractivity contribution in [2.24, 2.45) is 0 Å². The highest BCUT2D eigenvalue weighted by Gasteiger charge is 2.42. The lowest BCUT2D eigenvalue weighted by Crippen LogP contribution is -2.44. The monoisotopic (exact) mass is 411 g/mol. The van der Waals surface area contributed by atoms with E-state index in [0.717, 1.165) is 23.7 Å². The van der Waals surface area contributed by atoms with Gasteiger partial charge in [-0.1, -0.05) is 24.3 Å². The third kappa shape index (κ3) is 3.99. The predicted molar refractivity (Wildman–Crippen MR) is 115 cm³/mol. The summed E-state index contributed by atoms with van der Waals surface area (Å²) < 4.78 is 5.39. The summed E-state index contributed by atoms with van der Waals surface area (Å²) in [5.74, 6) is -0.410. The van der Waals surface area contributed by atoms with Crippen molar-refractivity contribution in [1.29, 1.82) is 0 Å². The van der Waals surface area contributed by atoms with E-state index < -0.39 is 0 Å². The molecule has 7 heteroatoms. The maximum atomic E-state index is 13.4. The fraction of sp³-hybridized carbons (Fsp3) is 0.364. The van der Waals surface area contributed by atoms with Gasteiger partial charge in [-0.2, -0.15) is 0 Å². The number of benzene rings is 1. The molecule has 0 unspecified atom stereocenters. The van der Waals surface area contributed by atoms with Crippen LogP contribution in [0.2, 0.25) is 0 Å². The van der Waals surface area contributed by atoms with Gasteiger partial charge in [0.25, 0.3) is 11.8 Å². The highest BCUT2D eigenvalue weighted by atomic mass is 32.1. The molecule has 1 saturated heterocycles. The average molecular weight is 412 g/mol. The van der Waals surface area contributed by atoms with E-state index in [9.17, 15) is 9.59 Å². The number of amides is 2. The second kappa shape index (κ2) is 8.90. The molecule has 1 aromatic heterocycles. The molecule has 0 atom stereocenters. The molecular weight excluding hydrogens is 386 g/mol. The minimum absolute atomic E-state index is 0.199. The van der Waals surface area contributed by atoms with Gasteiger partial charge in [0.2, 0.25) is 0 Å². The van der Waals surface area contributed by atoms with E-state index in [0.29, 0.717) is 44.1 Å². The molecule has 0 saturated carbocycles. The molecule has 3 heterocycles. The number of para-hydroxylation sites is 1. The summed E-state index contributed by atoms with van der Waals surface area (Å²) >= 11 is 1.49. The third-order valence-corrected chi connectivity index (χ3v) is 6.20. The summed E-state index contributed by atoms with van der Waals surface area (Å²) in [6.45, 7) is 6.72. The first-order valence-electron chi connectivity index (χ1n) is 9.97. The topological polar surface area (TPSA) is 53.1 Å². The summed E-state index contributed by atoms with van der Waals surface area (Å²) in [5, 5.41) is 1.94. The highest BCUT2D eigenvalue weighted by Crippen LogP contribution is 2.35. The van der Waals surface area contributed by atoms with Crippen LogP contribution in [0.15, 0.2) is 53.5 Å². The molecule has 0 aliphatic carbocycles. The summed E-state index contributed by atoms with van der Waals surface area (Å²) in [4.78, 5) is 33.2. The zero-order valence-electron chi connectivity index (χ0n) is 16.5. The van der Waals surface area contributed by atoms with Crippen LogP contribution in [0.3, 0.4) is 0 Å². The van der Waals surface area contributed by atoms with Crippen LogP contribution in [0.5, 0.6) is 0 Å². The van der Waals surface area contributed by atoms with Crippen LogP contribution in [0.1, 0.15) is 11.8 Å². The van der Waals surface area contributed by atoms with Crippen molar-refractivity contribution in [2.75, 3.05) is 50.8 Å². The summed E-state index contributed by atoms with van der Waals surface area (Å²) in [6, 6.07) is 13.6. The van der Waals surface area contributed by atoms with Crippen molar-refractivity contribution in [3.8, 4) is 0 Å². The number of morpholine rings is 1. The first-order chi connectivity index (χ1) is 14.2. The Morgan fingerprint density at radius 1 is 1.00 bits per heavy atom. The molecular formula is C22H25N3O3S. The lowest BCUT2D eigenvalue weighted by molar-refractivity contribution is -0.137. The fourth-order valence-electron chi connectivity index (χ4n) is 3.80. The Balaban J connectivity index is 1.65. The zero-order valence-corrected chi connectivity index (χ0v) is 17.4. The van der Waals surface area contributed by atoms with Crippen molar-refractivity contribution >= 4 is 34.4 Å². The van der Waals surface area contributed by atoms with Gasteiger partial charge >= 0.3 is 0 Å². The Labute approximate surface area is 175 Å². The molecule has 0 radical (unpaired) electrons. The first-order valence-corrected chi connectivity index (χ1v) is 10.9. The number of nitrogens with zero attached hydrogens (tertiary/aromatic N) is 3. The van der Waals surface area contributed by atoms with Crippen LogP contribution in [0.4, 0.5) is 5.69 Å². The van der Waals surface area contributed by atoms with Crippen LogP contribution in [0, 0.1) is 0 Å². The molecule has 6 nitrogen and oxygen atoms in total. The lowest BCUT2D eigenvalue weighted by atomic mass is 10.1. The van der Waals surface area contributed by atoms with Gasteiger partial charge in [0, 0.05) is 43.3 Å². The number of hydrogen-bond donors (Lipinski definition) is 0. The molecule has 4 rings (SSSR count). The predicted octanol–water partition coefficient (Wildman–Crippen LogP) is 2.69. The van der Waals surface area contributed by atoms with E-state index in [1.807, 2.05) is 59.7 Å². The van der Waals surface area contributed by atoms with Gasteiger partial charge < -0.3 is 9.64 Å². The maximum Gasteiger partial charge on any atom is 0.278 e. The van der Waals surface area contributed by atoms with E-state index in [1.165, 1.54) is 16.2 Å². The second-order valence-corrected chi connectivity index (χ2v) is 7.94. The number of carbonyl (C=O) groups is 2. The smallest absolute Gasteiger partial charge is 0.278 e. The molecule has 1 aromatic carbocycles. The molecule has 2 aromatic rings. The normalized spacial score (nSPS) is 18.0. The Hall–Kier alpha value is -2.48. The molecule has 0 bridgehead atoms. The number of thiophene rings is 1. The number of rotatable bonds is 7.